The highest BCUT2D eigenvalue weighted by atomic mass is 16.6. The van der Waals surface area contributed by atoms with Crippen molar-refractivity contribution in [1.82, 2.24) is 9.78 Å². The summed E-state index contributed by atoms with van der Waals surface area (Å²) >= 11 is 0. The summed E-state index contributed by atoms with van der Waals surface area (Å²) in [7, 11) is 3.04. The molecule has 0 saturated carbocycles. The minimum atomic E-state index is -0.462. The van der Waals surface area contributed by atoms with Crippen molar-refractivity contribution >= 4 is 5.97 Å². The molecule has 6 nitrogen and oxygen atoms in total. The van der Waals surface area contributed by atoms with E-state index >= 15 is 0 Å². The summed E-state index contributed by atoms with van der Waals surface area (Å²) in [6.07, 6.45) is 0. The third kappa shape index (κ3) is 3.34. The Labute approximate surface area is 123 Å². The molecule has 1 aromatic heterocycles. The van der Waals surface area contributed by atoms with Crippen molar-refractivity contribution in [3.63, 3.8) is 0 Å². The van der Waals surface area contributed by atoms with Gasteiger partial charge in [-0.05, 0) is 25.5 Å². The van der Waals surface area contributed by atoms with Crippen LogP contribution in [0, 0.1) is 13.8 Å². The molecular formula is C15H18N2O4. The number of benzene rings is 1. The number of methoxy groups -OCH3 is 1. The van der Waals surface area contributed by atoms with E-state index in [1.54, 1.807) is 7.05 Å². The van der Waals surface area contributed by atoms with Crippen LogP contribution in [-0.2, 0) is 16.6 Å². The molecule has 6 heteroatoms. The van der Waals surface area contributed by atoms with Gasteiger partial charge in [0.25, 0.3) is 5.88 Å². The van der Waals surface area contributed by atoms with Crippen LogP contribution in [-0.4, -0.2) is 29.5 Å². The maximum Gasteiger partial charge on any atom is 0.343 e. The SMILES string of the molecule is COC(=O)COc1c(Oc2ccccc2C)c(C)nn1C. The number of aryl methyl sites for hydroxylation is 3. The smallest absolute Gasteiger partial charge is 0.343 e. The minimum Gasteiger partial charge on any atom is -0.466 e. The van der Waals surface area contributed by atoms with E-state index in [4.69, 9.17) is 9.47 Å². The molecule has 2 aromatic rings. The molecular weight excluding hydrogens is 272 g/mol. The molecule has 0 saturated heterocycles. The van der Waals surface area contributed by atoms with Gasteiger partial charge >= 0.3 is 5.97 Å². The molecule has 0 aliphatic rings. The molecule has 0 spiro atoms. The fraction of sp³-hybridized carbons (Fsp3) is 0.333. The van der Waals surface area contributed by atoms with Gasteiger partial charge in [0.1, 0.15) is 11.4 Å². The zero-order valence-corrected chi connectivity index (χ0v) is 12.5. The van der Waals surface area contributed by atoms with Crippen molar-refractivity contribution in [2.24, 2.45) is 7.05 Å². The molecule has 0 aliphatic carbocycles. The normalized spacial score (nSPS) is 10.3. The number of esters is 1. The van der Waals surface area contributed by atoms with Crippen LogP contribution in [0.25, 0.3) is 0 Å². The summed E-state index contributed by atoms with van der Waals surface area (Å²) in [6.45, 7) is 3.58. The number of carbonyl (C=O) groups excluding carboxylic acids is 1. The first-order chi connectivity index (χ1) is 10.0. The quantitative estimate of drug-likeness (QED) is 0.791. The standard InChI is InChI=1S/C15H18N2O4/c1-10-7-5-6-8-12(10)21-14-11(2)16-17(3)15(14)20-9-13(18)19-4/h5-8H,9H2,1-4H3. The lowest BCUT2D eigenvalue weighted by Crippen LogP contribution is -2.14. The molecule has 2 rings (SSSR count). The topological polar surface area (TPSA) is 62.6 Å². The van der Waals surface area contributed by atoms with Gasteiger partial charge in [-0.15, -0.1) is 0 Å². The number of rotatable bonds is 5. The van der Waals surface area contributed by atoms with Crippen molar-refractivity contribution in [3.8, 4) is 17.4 Å². The molecule has 0 N–H and O–H groups in total. The van der Waals surface area contributed by atoms with Crippen LogP contribution in [0.15, 0.2) is 24.3 Å². The molecule has 0 atom stereocenters. The number of para-hydroxylation sites is 1. The second-order valence-corrected chi connectivity index (χ2v) is 4.58. The summed E-state index contributed by atoms with van der Waals surface area (Å²) < 4.78 is 17.4. The second-order valence-electron chi connectivity index (χ2n) is 4.58. The minimum absolute atomic E-state index is 0.195. The first kappa shape index (κ1) is 14.9. The summed E-state index contributed by atoms with van der Waals surface area (Å²) in [6, 6.07) is 7.65. The van der Waals surface area contributed by atoms with Crippen molar-refractivity contribution in [1.29, 1.82) is 0 Å². The Balaban J connectivity index is 2.26. The van der Waals surface area contributed by atoms with Gasteiger partial charge in [-0.25, -0.2) is 9.48 Å². The fourth-order valence-electron chi connectivity index (χ4n) is 1.86. The van der Waals surface area contributed by atoms with Crippen LogP contribution in [0.1, 0.15) is 11.3 Å². The Morgan fingerprint density at radius 2 is 2.00 bits per heavy atom. The summed E-state index contributed by atoms with van der Waals surface area (Å²) in [5.74, 6) is 1.14. The van der Waals surface area contributed by atoms with E-state index in [9.17, 15) is 4.79 Å². The van der Waals surface area contributed by atoms with Gasteiger partial charge in [0.15, 0.2) is 6.61 Å². The molecule has 1 aromatic carbocycles. The third-order valence-electron chi connectivity index (χ3n) is 2.98. The van der Waals surface area contributed by atoms with E-state index in [2.05, 4.69) is 9.84 Å². The third-order valence-corrected chi connectivity index (χ3v) is 2.98. The van der Waals surface area contributed by atoms with Gasteiger partial charge in [0.2, 0.25) is 5.75 Å². The lowest BCUT2D eigenvalue weighted by molar-refractivity contribution is -0.143. The van der Waals surface area contributed by atoms with E-state index in [0.717, 1.165) is 11.3 Å². The summed E-state index contributed by atoms with van der Waals surface area (Å²) in [5, 5.41) is 4.26. The van der Waals surface area contributed by atoms with Crippen molar-refractivity contribution in [2.75, 3.05) is 13.7 Å². The number of aromatic nitrogens is 2. The van der Waals surface area contributed by atoms with E-state index in [0.29, 0.717) is 17.3 Å². The fourth-order valence-corrected chi connectivity index (χ4v) is 1.86. The van der Waals surface area contributed by atoms with Crippen LogP contribution in [0.4, 0.5) is 0 Å². The number of hydrogen-bond acceptors (Lipinski definition) is 5. The van der Waals surface area contributed by atoms with Crippen LogP contribution in [0.2, 0.25) is 0 Å². The van der Waals surface area contributed by atoms with Gasteiger partial charge in [-0.3, -0.25) is 0 Å². The van der Waals surface area contributed by atoms with Crippen LogP contribution < -0.4 is 9.47 Å². The van der Waals surface area contributed by atoms with Gasteiger partial charge in [-0.1, -0.05) is 18.2 Å². The molecule has 0 unspecified atom stereocenters. The van der Waals surface area contributed by atoms with Gasteiger partial charge in [-0.2, -0.15) is 5.10 Å². The van der Waals surface area contributed by atoms with Gasteiger partial charge in [0, 0.05) is 7.05 Å². The average molecular weight is 290 g/mol. The monoisotopic (exact) mass is 290 g/mol. The van der Waals surface area contributed by atoms with Crippen molar-refractivity contribution < 1.29 is 19.0 Å². The Hall–Kier alpha value is -2.50. The highest BCUT2D eigenvalue weighted by Crippen LogP contribution is 2.35. The van der Waals surface area contributed by atoms with Crippen molar-refractivity contribution in [2.45, 2.75) is 13.8 Å². The lowest BCUT2D eigenvalue weighted by Gasteiger charge is -2.11. The molecule has 0 bridgehead atoms. The number of ether oxygens (including phenoxy) is 3. The van der Waals surface area contributed by atoms with E-state index < -0.39 is 5.97 Å². The Bertz CT molecular complexity index is 649. The Morgan fingerprint density at radius 3 is 2.67 bits per heavy atom. The highest BCUT2D eigenvalue weighted by Gasteiger charge is 2.19. The first-order valence-corrected chi connectivity index (χ1v) is 6.49. The van der Waals surface area contributed by atoms with Crippen LogP contribution in [0.3, 0.4) is 0 Å². The number of carbonyl (C=O) groups is 1. The van der Waals surface area contributed by atoms with E-state index in [-0.39, 0.29) is 6.61 Å². The molecule has 0 fully saturated rings. The van der Waals surface area contributed by atoms with Crippen LogP contribution >= 0.6 is 0 Å². The highest BCUT2D eigenvalue weighted by molar-refractivity contribution is 5.71. The average Bonchev–Trinajstić information content (AvgIpc) is 2.73. The second kappa shape index (κ2) is 6.30. The molecule has 112 valence electrons. The number of nitrogens with zero attached hydrogens (tertiary/aromatic N) is 2. The molecule has 1 heterocycles. The van der Waals surface area contributed by atoms with Gasteiger partial charge in [0.05, 0.1) is 7.11 Å². The van der Waals surface area contributed by atoms with Crippen molar-refractivity contribution in [3.05, 3.63) is 35.5 Å². The van der Waals surface area contributed by atoms with E-state index in [1.165, 1.54) is 11.8 Å². The first-order valence-electron chi connectivity index (χ1n) is 6.49. The lowest BCUT2D eigenvalue weighted by atomic mass is 10.2. The molecule has 0 aliphatic heterocycles. The Morgan fingerprint density at radius 1 is 1.29 bits per heavy atom. The van der Waals surface area contributed by atoms with Gasteiger partial charge < -0.3 is 14.2 Å². The zero-order chi connectivity index (χ0) is 15.4. The predicted molar refractivity (Wildman–Crippen MR) is 76.7 cm³/mol. The zero-order valence-electron chi connectivity index (χ0n) is 12.5. The molecule has 0 radical (unpaired) electrons. The largest absolute Gasteiger partial charge is 0.466 e. The number of hydrogen-bond donors (Lipinski definition) is 0. The van der Waals surface area contributed by atoms with Crippen LogP contribution in [0.5, 0.6) is 17.4 Å². The van der Waals surface area contributed by atoms with E-state index in [1.807, 2.05) is 38.1 Å². The molecule has 0 amide bonds. The maximum absolute atomic E-state index is 11.2. The summed E-state index contributed by atoms with van der Waals surface area (Å²) in [5.41, 5.74) is 1.68. The predicted octanol–water partition coefficient (Wildman–Crippen LogP) is 2.38. The maximum atomic E-state index is 11.2. The Kier molecular flexibility index (Phi) is 4.47. The summed E-state index contributed by atoms with van der Waals surface area (Å²) in [4.78, 5) is 11.2. The molecule has 21 heavy (non-hydrogen) atoms.